The van der Waals surface area contributed by atoms with Crippen LogP contribution in [0, 0.1) is 0 Å². The molecular formula is C20H18N2OS2. The van der Waals surface area contributed by atoms with Gasteiger partial charge in [0, 0.05) is 23.7 Å². The fourth-order valence-electron chi connectivity index (χ4n) is 2.86. The van der Waals surface area contributed by atoms with Gasteiger partial charge in [-0.05, 0) is 29.8 Å². The summed E-state index contributed by atoms with van der Waals surface area (Å²) >= 11 is 3.44. The van der Waals surface area contributed by atoms with Crippen LogP contribution in [0.3, 0.4) is 0 Å². The molecule has 0 unspecified atom stereocenters. The Bertz CT molecular complexity index is 876. The van der Waals surface area contributed by atoms with Crippen LogP contribution in [0.2, 0.25) is 0 Å². The van der Waals surface area contributed by atoms with Gasteiger partial charge in [0.25, 0.3) is 5.91 Å². The van der Waals surface area contributed by atoms with Crippen molar-refractivity contribution in [1.82, 2.24) is 5.32 Å². The van der Waals surface area contributed by atoms with Crippen molar-refractivity contribution in [3.05, 3.63) is 77.2 Å². The van der Waals surface area contributed by atoms with Crippen LogP contribution in [0.15, 0.2) is 71.6 Å². The Morgan fingerprint density at radius 2 is 1.80 bits per heavy atom. The summed E-state index contributed by atoms with van der Waals surface area (Å²) in [5, 5.41) is 4.12. The van der Waals surface area contributed by atoms with Crippen LogP contribution in [0.1, 0.15) is 15.2 Å². The quantitative estimate of drug-likeness (QED) is 0.711. The molecule has 3 nitrogen and oxygen atoms in total. The van der Waals surface area contributed by atoms with E-state index in [9.17, 15) is 4.79 Å². The van der Waals surface area contributed by atoms with Crippen molar-refractivity contribution in [2.45, 2.75) is 11.4 Å². The minimum atomic E-state index is -0.0141. The molecule has 0 bridgehead atoms. The number of rotatable bonds is 4. The number of benzene rings is 2. The highest BCUT2D eigenvalue weighted by Gasteiger charge is 2.20. The number of amides is 1. The van der Waals surface area contributed by atoms with Crippen LogP contribution in [-0.4, -0.2) is 18.2 Å². The molecular weight excluding hydrogens is 348 g/mol. The van der Waals surface area contributed by atoms with Crippen LogP contribution < -0.4 is 10.2 Å². The number of para-hydroxylation sites is 1. The van der Waals surface area contributed by atoms with Crippen molar-refractivity contribution >= 4 is 39.7 Å². The Hall–Kier alpha value is -2.24. The fourth-order valence-corrected chi connectivity index (χ4v) is 4.82. The average Bonchev–Trinajstić information content (AvgIpc) is 3.16. The van der Waals surface area contributed by atoms with Crippen LogP contribution >= 0.6 is 23.1 Å². The van der Waals surface area contributed by atoms with E-state index in [1.165, 1.54) is 10.6 Å². The maximum atomic E-state index is 12.4. The first kappa shape index (κ1) is 16.2. The number of thiophene rings is 1. The summed E-state index contributed by atoms with van der Waals surface area (Å²) in [6.45, 7) is 1.52. The molecule has 0 spiro atoms. The number of thioether (sulfide) groups is 1. The number of fused-ring (bicyclic) bond motifs is 1. The molecule has 0 fully saturated rings. The molecule has 4 rings (SSSR count). The Labute approximate surface area is 155 Å². The summed E-state index contributed by atoms with van der Waals surface area (Å²) in [5.74, 6) is 1.05. The molecule has 0 aliphatic carbocycles. The average molecular weight is 367 g/mol. The zero-order valence-electron chi connectivity index (χ0n) is 13.6. The normalized spacial score (nSPS) is 13.4. The number of carbonyl (C=O) groups is 1. The maximum absolute atomic E-state index is 12.4. The van der Waals surface area contributed by atoms with Gasteiger partial charge in [-0.1, -0.05) is 42.5 Å². The molecule has 0 saturated carbocycles. The molecule has 1 N–H and O–H groups in total. The smallest absolute Gasteiger partial charge is 0.261 e. The molecule has 0 radical (unpaired) electrons. The van der Waals surface area contributed by atoms with Crippen molar-refractivity contribution in [2.75, 3.05) is 17.2 Å². The minimum absolute atomic E-state index is 0.0141. The number of nitrogens with one attached hydrogen (secondary N) is 1. The van der Waals surface area contributed by atoms with E-state index in [2.05, 4.69) is 40.5 Å². The maximum Gasteiger partial charge on any atom is 0.261 e. The molecule has 1 amide bonds. The van der Waals surface area contributed by atoms with Gasteiger partial charge in [0.2, 0.25) is 0 Å². The lowest BCUT2D eigenvalue weighted by molar-refractivity contribution is 0.0955. The zero-order chi connectivity index (χ0) is 17.1. The molecule has 5 heteroatoms. The second-order valence-corrected chi connectivity index (χ2v) is 7.97. The topological polar surface area (TPSA) is 32.3 Å². The summed E-state index contributed by atoms with van der Waals surface area (Å²) in [6, 6.07) is 22.4. The Balaban J connectivity index is 1.48. The molecule has 0 atom stereocenters. The third-order valence-corrected chi connectivity index (χ3v) is 6.26. The highest BCUT2D eigenvalue weighted by molar-refractivity contribution is 7.99. The minimum Gasteiger partial charge on any atom is -0.347 e. The molecule has 2 heterocycles. The van der Waals surface area contributed by atoms with E-state index in [-0.39, 0.29) is 5.91 Å². The summed E-state index contributed by atoms with van der Waals surface area (Å²) in [5.41, 5.74) is 2.34. The highest BCUT2D eigenvalue weighted by Crippen LogP contribution is 2.41. The Morgan fingerprint density at radius 1 is 1.00 bits per heavy atom. The Morgan fingerprint density at radius 3 is 2.68 bits per heavy atom. The summed E-state index contributed by atoms with van der Waals surface area (Å²) < 4.78 is 0. The molecule has 126 valence electrons. The van der Waals surface area contributed by atoms with Crippen molar-refractivity contribution in [2.24, 2.45) is 0 Å². The van der Waals surface area contributed by atoms with E-state index in [0.717, 1.165) is 27.7 Å². The van der Waals surface area contributed by atoms with Crippen LogP contribution in [0.5, 0.6) is 0 Å². The van der Waals surface area contributed by atoms with Crippen LogP contribution in [-0.2, 0) is 6.54 Å². The molecule has 0 saturated heterocycles. The first-order valence-electron chi connectivity index (χ1n) is 8.22. The third kappa shape index (κ3) is 3.57. The van der Waals surface area contributed by atoms with Gasteiger partial charge < -0.3 is 10.2 Å². The molecule has 25 heavy (non-hydrogen) atoms. The van der Waals surface area contributed by atoms with E-state index in [4.69, 9.17) is 0 Å². The summed E-state index contributed by atoms with van der Waals surface area (Å²) in [6.07, 6.45) is 0. The van der Waals surface area contributed by atoms with Gasteiger partial charge in [-0.25, -0.2) is 0 Å². The van der Waals surface area contributed by atoms with Crippen LogP contribution in [0.4, 0.5) is 10.7 Å². The lowest BCUT2D eigenvalue weighted by Crippen LogP contribution is -2.23. The van der Waals surface area contributed by atoms with E-state index in [1.54, 1.807) is 11.3 Å². The second kappa shape index (κ2) is 7.33. The number of nitrogens with zero attached hydrogens (tertiary/aromatic N) is 1. The predicted octanol–water partition coefficient (Wildman–Crippen LogP) is 4.92. The predicted molar refractivity (Wildman–Crippen MR) is 106 cm³/mol. The highest BCUT2D eigenvalue weighted by atomic mass is 32.2. The van der Waals surface area contributed by atoms with Gasteiger partial charge in [-0.15, -0.1) is 23.1 Å². The first-order valence-corrected chi connectivity index (χ1v) is 10.0. The van der Waals surface area contributed by atoms with E-state index in [0.29, 0.717) is 6.54 Å². The van der Waals surface area contributed by atoms with Gasteiger partial charge in [-0.3, -0.25) is 4.79 Å². The molecule has 2 aromatic carbocycles. The van der Waals surface area contributed by atoms with Gasteiger partial charge in [-0.2, -0.15) is 0 Å². The third-order valence-electron chi connectivity index (χ3n) is 4.11. The van der Waals surface area contributed by atoms with E-state index < -0.39 is 0 Å². The summed E-state index contributed by atoms with van der Waals surface area (Å²) in [4.78, 5) is 16.8. The van der Waals surface area contributed by atoms with Crippen LogP contribution in [0.25, 0.3) is 0 Å². The SMILES string of the molecule is O=C(NCc1ccccc1)c1ccc(N2CCSc3ccccc32)s1. The lowest BCUT2D eigenvalue weighted by atomic mass is 10.2. The second-order valence-electron chi connectivity index (χ2n) is 5.77. The van der Waals surface area contributed by atoms with Crippen molar-refractivity contribution in [3.63, 3.8) is 0 Å². The van der Waals surface area contributed by atoms with Gasteiger partial charge >= 0.3 is 0 Å². The molecule has 3 aromatic rings. The van der Waals surface area contributed by atoms with Gasteiger partial charge in [0.15, 0.2) is 0 Å². The standard InChI is InChI=1S/C20H18N2OS2/c23-20(21-14-15-6-2-1-3-7-15)18-10-11-19(25-18)22-12-13-24-17-9-5-4-8-16(17)22/h1-11H,12-14H2,(H,21,23). The number of hydrogen-bond acceptors (Lipinski definition) is 4. The zero-order valence-corrected chi connectivity index (χ0v) is 15.3. The summed E-state index contributed by atoms with van der Waals surface area (Å²) in [7, 11) is 0. The van der Waals surface area contributed by atoms with E-state index in [1.807, 2.05) is 48.2 Å². The monoisotopic (exact) mass is 366 g/mol. The number of hydrogen-bond donors (Lipinski definition) is 1. The van der Waals surface area contributed by atoms with E-state index >= 15 is 0 Å². The molecule has 1 aliphatic heterocycles. The van der Waals surface area contributed by atoms with Crippen molar-refractivity contribution < 1.29 is 4.79 Å². The number of anilines is 2. The van der Waals surface area contributed by atoms with Gasteiger partial charge in [0.05, 0.1) is 15.6 Å². The van der Waals surface area contributed by atoms with Crippen molar-refractivity contribution in [3.8, 4) is 0 Å². The fraction of sp³-hybridized carbons (Fsp3) is 0.150. The molecule has 1 aromatic heterocycles. The molecule has 1 aliphatic rings. The van der Waals surface area contributed by atoms with Gasteiger partial charge in [0.1, 0.15) is 0 Å². The largest absolute Gasteiger partial charge is 0.347 e. The first-order chi connectivity index (χ1) is 12.3. The van der Waals surface area contributed by atoms with Crippen molar-refractivity contribution in [1.29, 1.82) is 0 Å². The lowest BCUT2D eigenvalue weighted by Gasteiger charge is -2.29. The Kier molecular flexibility index (Phi) is 4.76. The number of carbonyl (C=O) groups excluding carboxylic acids is 1.